The van der Waals surface area contributed by atoms with E-state index in [1.165, 1.54) is 17.7 Å². The summed E-state index contributed by atoms with van der Waals surface area (Å²) in [5, 5.41) is 0.812. The molecule has 0 heterocycles. The summed E-state index contributed by atoms with van der Waals surface area (Å²) in [5.41, 5.74) is 2.17. The maximum absolute atomic E-state index is 12.5. The van der Waals surface area contributed by atoms with E-state index in [9.17, 15) is 4.79 Å². The minimum atomic E-state index is 0.131. The molecule has 2 nitrogen and oxygen atoms in total. The molecule has 1 aliphatic carbocycles. The smallest absolute Gasteiger partial charge is 0.226 e. The van der Waals surface area contributed by atoms with Crippen LogP contribution >= 0.6 is 11.8 Å². The quantitative estimate of drug-likeness (QED) is 0.438. The van der Waals surface area contributed by atoms with Crippen LogP contribution < -0.4 is 0 Å². The number of amides is 1. The summed E-state index contributed by atoms with van der Waals surface area (Å²) in [6.45, 7) is 9.59. The van der Waals surface area contributed by atoms with E-state index in [-0.39, 0.29) is 11.9 Å². The third-order valence-corrected chi connectivity index (χ3v) is 5.63. The molecule has 26 heavy (non-hydrogen) atoms. The zero-order chi connectivity index (χ0) is 19.5. The first-order chi connectivity index (χ1) is 12.5. The van der Waals surface area contributed by atoms with E-state index in [4.69, 9.17) is 0 Å². The molecular formula is C23H29NOS. The second-order valence-corrected chi connectivity index (χ2v) is 7.75. The third-order valence-electron chi connectivity index (χ3n) is 4.29. The van der Waals surface area contributed by atoms with Gasteiger partial charge in [-0.15, -0.1) is 24.6 Å². The predicted molar refractivity (Wildman–Crippen MR) is 114 cm³/mol. The van der Waals surface area contributed by atoms with Gasteiger partial charge in [0.15, 0.2) is 0 Å². The van der Waals surface area contributed by atoms with Gasteiger partial charge in [0.2, 0.25) is 5.91 Å². The number of likely N-dealkylation sites (N-methyl/N-ethyl adjacent to an activating group) is 1. The van der Waals surface area contributed by atoms with Crippen molar-refractivity contribution in [2.45, 2.75) is 48.8 Å². The predicted octanol–water partition coefficient (Wildman–Crippen LogP) is 5.27. The van der Waals surface area contributed by atoms with Gasteiger partial charge < -0.3 is 4.90 Å². The zero-order valence-electron chi connectivity index (χ0n) is 15.9. The van der Waals surface area contributed by atoms with Gasteiger partial charge in [-0.3, -0.25) is 4.79 Å². The Labute approximate surface area is 163 Å². The highest BCUT2D eigenvalue weighted by molar-refractivity contribution is 8.00. The first kappa shape index (κ1) is 21.9. The monoisotopic (exact) mass is 367 g/mol. The number of nitrogens with zero attached hydrogens (tertiary/aromatic N) is 1. The van der Waals surface area contributed by atoms with E-state index in [1.54, 1.807) is 6.08 Å². The van der Waals surface area contributed by atoms with E-state index in [1.807, 2.05) is 35.9 Å². The van der Waals surface area contributed by atoms with Crippen LogP contribution in [0.4, 0.5) is 0 Å². The van der Waals surface area contributed by atoms with Crippen molar-refractivity contribution in [1.82, 2.24) is 4.90 Å². The van der Waals surface area contributed by atoms with E-state index in [0.29, 0.717) is 6.42 Å². The number of hydrogen-bond acceptors (Lipinski definition) is 2. The van der Waals surface area contributed by atoms with Gasteiger partial charge in [0, 0.05) is 23.2 Å². The molecule has 0 aliphatic heterocycles. The highest BCUT2D eigenvalue weighted by atomic mass is 32.2. The summed E-state index contributed by atoms with van der Waals surface area (Å²) in [4.78, 5) is 15.6. The van der Waals surface area contributed by atoms with E-state index >= 15 is 0 Å². The Bertz CT molecular complexity index is 653. The summed E-state index contributed by atoms with van der Waals surface area (Å²) in [6, 6.07) is 8.56. The van der Waals surface area contributed by atoms with Crippen LogP contribution in [0.1, 0.15) is 31.7 Å². The fourth-order valence-electron chi connectivity index (χ4n) is 2.46. The molecule has 0 radical (unpaired) electrons. The molecule has 1 fully saturated rings. The van der Waals surface area contributed by atoms with Gasteiger partial charge in [0.05, 0.1) is 6.42 Å². The number of allylic oxidation sites excluding steroid dienone is 3. The van der Waals surface area contributed by atoms with Crippen molar-refractivity contribution in [3.8, 4) is 12.8 Å². The van der Waals surface area contributed by atoms with Crippen LogP contribution in [0.2, 0.25) is 0 Å². The Morgan fingerprint density at radius 3 is 2.42 bits per heavy atom. The Hall–Kier alpha value is -2.18. The average Bonchev–Trinajstić information content (AvgIpc) is 3.47. The van der Waals surface area contributed by atoms with Crippen molar-refractivity contribution in [1.29, 1.82) is 0 Å². The van der Waals surface area contributed by atoms with Gasteiger partial charge in [-0.2, -0.15) is 0 Å². The van der Waals surface area contributed by atoms with Crippen molar-refractivity contribution in [3.63, 3.8) is 0 Å². The Kier molecular flexibility index (Phi) is 9.62. The van der Waals surface area contributed by atoms with Crippen LogP contribution in [-0.2, 0) is 11.2 Å². The normalized spacial score (nSPS) is 14.5. The summed E-state index contributed by atoms with van der Waals surface area (Å²) in [7, 11) is 1.87. The third kappa shape index (κ3) is 7.37. The molecule has 0 unspecified atom stereocenters. The number of terminal acetylenes is 1. The lowest BCUT2D eigenvalue weighted by Crippen LogP contribution is -2.36. The van der Waals surface area contributed by atoms with Crippen LogP contribution in [0.5, 0.6) is 0 Å². The molecule has 0 bridgehead atoms. The van der Waals surface area contributed by atoms with Crippen molar-refractivity contribution >= 4 is 17.7 Å². The minimum absolute atomic E-state index is 0.131. The molecule has 1 saturated carbocycles. The molecule has 1 aromatic rings. The molecule has 0 spiro atoms. The summed E-state index contributed by atoms with van der Waals surface area (Å²) in [5.74, 6) is 0.145. The van der Waals surface area contributed by atoms with Crippen molar-refractivity contribution < 1.29 is 4.79 Å². The Balaban J connectivity index is 0.00000163. The van der Waals surface area contributed by atoms with Gasteiger partial charge in [0.1, 0.15) is 0 Å². The minimum Gasteiger partial charge on any atom is -0.342 e. The molecule has 138 valence electrons. The molecule has 1 aromatic carbocycles. The molecule has 0 N–H and O–H groups in total. The molecular weight excluding hydrogens is 338 g/mol. The fraction of sp³-hybridized carbons (Fsp3) is 0.348. The van der Waals surface area contributed by atoms with E-state index < -0.39 is 0 Å². The molecule has 1 aliphatic rings. The van der Waals surface area contributed by atoms with Crippen molar-refractivity contribution in [2.75, 3.05) is 7.05 Å². The largest absolute Gasteiger partial charge is 0.342 e. The van der Waals surface area contributed by atoms with Crippen LogP contribution in [0.15, 0.2) is 66.1 Å². The number of hydrogen-bond donors (Lipinski definition) is 0. The number of rotatable bonds is 9. The number of benzene rings is 1. The average molecular weight is 368 g/mol. The van der Waals surface area contributed by atoms with Gasteiger partial charge in [-0.25, -0.2) is 0 Å². The lowest BCUT2D eigenvalue weighted by Gasteiger charge is -2.25. The van der Waals surface area contributed by atoms with Crippen LogP contribution in [0.25, 0.3) is 0 Å². The second-order valence-electron chi connectivity index (χ2n) is 6.38. The molecule has 0 saturated heterocycles. The Morgan fingerprint density at radius 1 is 1.31 bits per heavy atom. The summed E-state index contributed by atoms with van der Waals surface area (Å²) in [6.07, 6.45) is 17.4. The second kappa shape index (κ2) is 11.4. The van der Waals surface area contributed by atoms with Gasteiger partial charge in [-0.1, -0.05) is 43.5 Å². The highest BCUT2D eigenvalue weighted by Crippen LogP contribution is 2.39. The topological polar surface area (TPSA) is 20.3 Å². The number of carbonyl (C=O) groups is 1. The van der Waals surface area contributed by atoms with Crippen molar-refractivity contribution in [2.24, 2.45) is 0 Å². The van der Waals surface area contributed by atoms with Crippen LogP contribution in [0, 0.1) is 12.8 Å². The lowest BCUT2D eigenvalue weighted by molar-refractivity contribution is -0.130. The molecule has 1 atom stereocenters. The fourth-order valence-corrected chi connectivity index (χ4v) is 3.51. The Morgan fingerprint density at radius 2 is 1.92 bits per heavy atom. The zero-order valence-corrected chi connectivity index (χ0v) is 16.7. The SMILES string of the molecule is C#C.C=C/C=C(\C=C)C[C@@H](C)N(C)C(=O)Cc1ccc(SC2CC2)cc1. The maximum Gasteiger partial charge on any atom is 0.226 e. The maximum atomic E-state index is 12.5. The van der Waals surface area contributed by atoms with Gasteiger partial charge in [-0.05, 0) is 49.5 Å². The highest BCUT2D eigenvalue weighted by Gasteiger charge is 2.22. The van der Waals surface area contributed by atoms with Gasteiger partial charge >= 0.3 is 0 Å². The summed E-state index contributed by atoms with van der Waals surface area (Å²) < 4.78 is 0. The van der Waals surface area contributed by atoms with Crippen molar-refractivity contribution in [3.05, 3.63) is 66.8 Å². The first-order valence-electron chi connectivity index (χ1n) is 8.82. The number of thioether (sulfide) groups is 1. The van der Waals surface area contributed by atoms with Crippen LogP contribution in [-0.4, -0.2) is 29.1 Å². The first-order valence-corrected chi connectivity index (χ1v) is 9.70. The molecule has 3 heteroatoms. The lowest BCUT2D eigenvalue weighted by atomic mass is 10.0. The summed E-state index contributed by atoms with van der Waals surface area (Å²) >= 11 is 1.94. The van der Waals surface area contributed by atoms with Crippen LogP contribution in [0.3, 0.4) is 0 Å². The van der Waals surface area contributed by atoms with E-state index in [2.05, 4.69) is 57.2 Å². The standard InChI is InChI=1S/C21H27NOS.C2H2/c1-5-7-17(6-2)14-16(3)22(4)21(23)15-18-8-10-19(11-9-18)24-20-12-13-20;1-2/h5-11,16,20H,1-2,12-15H2,3-4H3;1-2H/b17-7+;/t16-;/m1./s1. The molecule has 0 aromatic heterocycles. The van der Waals surface area contributed by atoms with Gasteiger partial charge in [0.25, 0.3) is 0 Å². The molecule has 2 rings (SSSR count). The number of carbonyl (C=O) groups excluding carboxylic acids is 1. The molecule has 1 amide bonds. The van der Waals surface area contributed by atoms with E-state index in [0.717, 1.165) is 22.8 Å².